The lowest BCUT2D eigenvalue weighted by Crippen LogP contribution is -2.41. The molecule has 2 aliphatic carbocycles. The number of benzene rings is 3. The first-order valence-corrected chi connectivity index (χ1v) is 16.4. The Morgan fingerprint density at radius 3 is 2.44 bits per heavy atom. The van der Waals surface area contributed by atoms with Crippen molar-refractivity contribution in [2.75, 3.05) is 6.54 Å². The summed E-state index contributed by atoms with van der Waals surface area (Å²) in [5.41, 5.74) is 3.99. The SMILES string of the molecule is O=C(CNC(=O)C(c1nc2ccc(-c3ccc4c(c3)CN(C3CC3)C4=O)cc2s1)S(=O)(=O)c1ccc(F)cc1)NC1CC1. The summed E-state index contributed by atoms with van der Waals surface area (Å²) < 4.78 is 41.8. The summed E-state index contributed by atoms with van der Waals surface area (Å²) in [6.45, 7) is 0.217. The molecule has 2 heterocycles. The second-order valence-corrected chi connectivity index (χ2v) is 14.3. The predicted octanol–water partition coefficient (Wildman–Crippen LogP) is 4.13. The lowest BCUT2D eigenvalue weighted by Gasteiger charge is -2.16. The van der Waals surface area contributed by atoms with Crippen LogP contribution >= 0.6 is 11.3 Å². The van der Waals surface area contributed by atoms with Crippen molar-refractivity contribution in [2.45, 2.75) is 54.5 Å². The van der Waals surface area contributed by atoms with E-state index in [4.69, 9.17) is 0 Å². The van der Waals surface area contributed by atoms with Crippen LogP contribution in [-0.4, -0.2) is 54.7 Å². The number of sulfone groups is 1. The highest BCUT2D eigenvalue weighted by molar-refractivity contribution is 7.92. The molecule has 1 unspecified atom stereocenters. The summed E-state index contributed by atoms with van der Waals surface area (Å²) in [4.78, 5) is 44.6. The van der Waals surface area contributed by atoms with Crippen LogP contribution in [0.3, 0.4) is 0 Å². The summed E-state index contributed by atoms with van der Waals surface area (Å²) >= 11 is 1.07. The molecule has 1 atom stereocenters. The maximum atomic E-state index is 13.7. The highest BCUT2D eigenvalue weighted by Gasteiger charge is 2.40. The van der Waals surface area contributed by atoms with Crippen LogP contribution in [0.25, 0.3) is 21.3 Å². The molecule has 7 rings (SSSR count). The van der Waals surface area contributed by atoms with Crippen molar-refractivity contribution in [3.8, 4) is 11.1 Å². The van der Waals surface area contributed by atoms with Gasteiger partial charge in [0, 0.05) is 24.2 Å². The van der Waals surface area contributed by atoms with Gasteiger partial charge < -0.3 is 15.5 Å². The summed E-state index contributed by atoms with van der Waals surface area (Å²) in [5.74, 6) is -1.83. The Balaban J connectivity index is 1.20. The molecule has 9 nitrogen and oxygen atoms in total. The van der Waals surface area contributed by atoms with Crippen molar-refractivity contribution in [3.05, 3.63) is 82.6 Å². The third-order valence-corrected chi connectivity index (χ3v) is 11.2. The lowest BCUT2D eigenvalue weighted by atomic mass is 10.0. The zero-order valence-corrected chi connectivity index (χ0v) is 24.5. The van der Waals surface area contributed by atoms with Gasteiger partial charge >= 0.3 is 0 Å². The van der Waals surface area contributed by atoms with Crippen molar-refractivity contribution < 1.29 is 27.2 Å². The number of hydrogen-bond donors (Lipinski definition) is 2. The molecular formula is C31H27FN4O5S2. The number of thiazole rings is 1. The van der Waals surface area contributed by atoms with E-state index in [1.165, 1.54) is 0 Å². The highest BCUT2D eigenvalue weighted by atomic mass is 32.2. The molecule has 1 aromatic heterocycles. The minimum Gasteiger partial charge on any atom is -0.352 e. The molecule has 3 aliphatic rings. The molecule has 1 aliphatic heterocycles. The van der Waals surface area contributed by atoms with E-state index in [9.17, 15) is 27.2 Å². The first-order chi connectivity index (χ1) is 20.7. The van der Waals surface area contributed by atoms with Gasteiger partial charge in [-0.15, -0.1) is 11.3 Å². The Morgan fingerprint density at radius 2 is 1.72 bits per heavy atom. The first-order valence-electron chi connectivity index (χ1n) is 14.1. The number of halogens is 1. The van der Waals surface area contributed by atoms with Gasteiger partial charge in [-0.3, -0.25) is 14.4 Å². The van der Waals surface area contributed by atoms with Gasteiger partial charge in [0.25, 0.3) is 5.91 Å². The fourth-order valence-corrected chi connectivity index (χ4v) is 8.33. The standard InChI is InChI=1S/C31H27FN4O5S2/c32-20-3-9-23(10-4-20)43(40,41)28(29(38)33-15-27(37)34-21-5-6-21)30-35-25-12-2-18(14-26(25)42-30)17-1-11-24-19(13-17)16-36(31(24)39)22-7-8-22/h1-4,9-14,21-22,28H,5-8,15-16H2,(H,33,38)(H,34,37). The molecule has 4 aromatic rings. The maximum absolute atomic E-state index is 13.7. The smallest absolute Gasteiger partial charge is 0.254 e. The van der Waals surface area contributed by atoms with Gasteiger partial charge in [-0.1, -0.05) is 12.1 Å². The second kappa shape index (κ2) is 10.5. The van der Waals surface area contributed by atoms with Crippen LogP contribution in [0.15, 0.2) is 65.6 Å². The van der Waals surface area contributed by atoms with E-state index in [2.05, 4.69) is 15.6 Å². The third-order valence-electron chi connectivity index (χ3n) is 7.94. The van der Waals surface area contributed by atoms with E-state index in [1.54, 1.807) is 6.07 Å². The zero-order chi connectivity index (χ0) is 29.9. The molecular weight excluding hydrogens is 591 g/mol. The van der Waals surface area contributed by atoms with Crippen LogP contribution in [0.5, 0.6) is 0 Å². The van der Waals surface area contributed by atoms with Gasteiger partial charge in [0.2, 0.25) is 11.8 Å². The number of nitrogens with one attached hydrogen (secondary N) is 2. The number of rotatable bonds is 9. The predicted molar refractivity (Wildman–Crippen MR) is 158 cm³/mol. The molecule has 2 N–H and O–H groups in total. The van der Waals surface area contributed by atoms with Crippen LogP contribution in [0.4, 0.5) is 4.39 Å². The van der Waals surface area contributed by atoms with E-state index in [0.717, 1.165) is 83.5 Å². The van der Waals surface area contributed by atoms with E-state index in [1.807, 2.05) is 35.2 Å². The van der Waals surface area contributed by atoms with E-state index < -0.39 is 32.7 Å². The van der Waals surface area contributed by atoms with Crippen LogP contribution in [0.1, 0.15) is 51.9 Å². The van der Waals surface area contributed by atoms with Crippen molar-refractivity contribution in [1.29, 1.82) is 0 Å². The average molecular weight is 619 g/mol. The number of hydrogen-bond acceptors (Lipinski definition) is 7. The third kappa shape index (κ3) is 5.40. The Morgan fingerprint density at radius 1 is 1.00 bits per heavy atom. The maximum Gasteiger partial charge on any atom is 0.254 e. The molecule has 220 valence electrons. The van der Waals surface area contributed by atoms with Crippen LogP contribution in [0.2, 0.25) is 0 Å². The number of carbonyl (C=O) groups excluding carboxylic acids is 3. The average Bonchev–Trinajstić information content (AvgIpc) is 3.92. The number of fused-ring (bicyclic) bond motifs is 2. The largest absolute Gasteiger partial charge is 0.352 e. The molecule has 0 bridgehead atoms. The van der Waals surface area contributed by atoms with Crippen molar-refractivity contribution >= 4 is 49.1 Å². The first kappa shape index (κ1) is 27.7. The van der Waals surface area contributed by atoms with E-state index >= 15 is 0 Å². The fraction of sp³-hybridized carbons (Fsp3) is 0.290. The Bertz CT molecular complexity index is 1900. The molecule has 0 spiro atoms. The molecule has 2 fully saturated rings. The van der Waals surface area contributed by atoms with E-state index in [-0.39, 0.29) is 28.4 Å². The Labute approximate surface area is 251 Å². The summed E-state index contributed by atoms with van der Waals surface area (Å²) in [7, 11) is -4.36. The Hall–Kier alpha value is -4.16. The number of carbonyl (C=O) groups is 3. The summed E-state index contributed by atoms with van der Waals surface area (Å²) in [6, 6.07) is 16.0. The quantitative estimate of drug-likeness (QED) is 0.272. The van der Waals surface area contributed by atoms with Gasteiger partial charge in [0.05, 0.1) is 21.7 Å². The molecule has 0 saturated heterocycles. The number of amides is 3. The molecule has 3 aromatic carbocycles. The molecule has 12 heteroatoms. The molecule has 3 amide bonds. The van der Waals surface area contributed by atoms with Crippen molar-refractivity contribution in [3.63, 3.8) is 0 Å². The minimum absolute atomic E-state index is 0.0381. The highest BCUT2D eigenvalue weighted by Crippen LogP contribution is 2.39. The van der Waals surface area contributed by atoms with Crippen molar-refractivity contribution in [1.82, 2.24) is 20.5 Å². The van der Waals surface area contributed by atoms with Crippen LogP contribution in [-0.2, 0) is 26.0 Å². The topological polar surface area (TPSA) is 126 Å². The number of nitrogens with zero attached hydrogens (tertiary/aromatic N) is 2. The monoisotopic (exact) mass is 618 g/mol. The van der Waals surface area contributed by atoms with Gasteiger partial charge in [0.15, 0.2) is 15.1 Å². The Kier molecular flexibility index (Phi) is 6.77. The fourth-order valence-electron chi connectivity index (χ4n) is 5.35. The second-order valence-electron chi connectivity index (χ2n) is 11.2. The van der Waals surface area contributed by atoms with Gasteiger partial charge in [-0.25, -0.2) is 17.8 Å². The molecule has 2 saturated carbocycles. The van der Waals surface area contributed by atoms with E-state index in [0.29, 0.717) is 22.8 Å². The van der Waals surface area contributed by atoms with Gasteiger partial charge in [-0.2, -0.15) is 0 Å². The van der Waals surface area contributed by atoms with Crippen LogP contribution < -0.4 is 10.6 Å². The molecule has 0 radical (unpaired) electrons. The summed E-state index contributed by atoms with van der Waals surface area (Å²) in [5, 5.41) is 3.51. The molecule has 43 heavy (non-hydrogen) atoms. The lowest BCUT2D eigenvalue weighted by molar-refractivity contribution is -0.126. The zero-order valence-electron chi connectivity index (χ0n) is 22.9. The normalized spacial score (nSPS) is 17.1. The summed E-state index contributed by atoms with van der Waals surface area (Å²) in [6.07, 6.45) is 3.83. The van der Waals surface area contributed by atoms with Gasteiger partial charge in [0.1, 0.15) is 10.8 Å². The van der Waals surface area contributed by atoms with Crippen LogP contribution in [0, 0.1) is 5.82 Å². The van der Waals surface area contributed by atoms with Crippen molar-refractivity contribution in [2.24, 2.45) is 0 Å². The number of aromatic nitrogens is 1. The minimum atomic E-state index is -4.36. The van der Waals surface area contributed by atoms with Gasteiger partial charge in [-0.05, 0) is 90.9 Å².